The average Bonchev–Trinajstić information content (AvgIpc) is 2.30. The lowest BCUT2D eigenvalue weighted by atomic mass is 10.1. The molecule has 0 aliphatic heterocycles. The third-order valence-corrected chi connectivity index (χ3v) is 2.24. The maximum absolute atomic E-state index is 8.78. The lowest BCUT2D eigenvalue weighted by Gasteiger charge is -2.01. The van der Waals surface area contributed by atoms with E-state index >= 15 is 0 Å². The summed E-state index contributed by atoms with van der Waals surface area (Å²) >= 11 is 0. The van der Waals surface area contributed by atoms with Crippen molar-refractivity contribution in [3.63, 3.8) is 0 Å². The molecule has 0 atom stereocenters. The lowest BCUT2D eigenvalue weighted by molar-refractivity contribution is 1.30. The summed E-state index contributed by atoms with van der Waals surface area (Å²) in [5.41, 5.74) is 3.74. The fourth-order valence-corrected chi connectivity index (χ4v) is 1.38. The van der Waals surface area contributed by atoms with Crippen molar-refractivity contribution in [1.82, 2.24) is 4.98 Å². The summed E-state index contributed by atoms with van der Waals surface area (Å²) in [6.07, 6.45) is 1.66. The van der Waals surface area contributed by atoms with Gasteiger partial charge < -0.3 is 0 Å². The van der Waals surface area contributed by atoms with Crippen LogP contribution in [0.5, 0.6) is 0 Å². The molecule has 0 radical (unpaired) electrons. The molecule has 0 bridgehead atoms. The van der Waals surface area contributed by atoms with Gasteiger partial charge in [0.15, 0.2) is 0 Å². The van der Waals surface area contributed by atoms with Crippen LogP contribution >= 0.6 is 0 Å². The Kier molecular flexibility index (Phi) is 2.47. The number of hydrogen-bond donors (Lipinski definition) is 0. The van der Waals surface area contributed by atoms with Gasteiger partial charge in [-0.3, -0.25) is 4.98 Å². The summed E-state index contributed by atoms with van der Waals surface area (Å²) in [4.78, 5) is 4.24. The Hall–Kier alpha value is -2.14. The van der Waals surface area contributed by atoms with Crippen LogP contribution in [0.4, 0.5) is 0 Å². The molecule has 72 valence electrons. The number of pyridine rings is 1. The van der Waals surface area contributed by atoms with Gasteiger partial charge in [-0.15, -0.1) is 0 Å². The fourth-order valence-electron chi connectivity index (χ4n) is 1.38. The Morgan fingerprint density at radius 1 is 1.13 bits per heavy atom. The molecular formula is C13H10N2. The van der Waals surface area contributed by atoms with E-state index in [4.69, 9.17) is 5.26 Å². The SMILES string of the molecule is Cc1ccc(-c2cc(C#N)ccn2)cc1. The van der Waals surface area contributed by atoms with Gasteiger partial charge in [0.2, 0.25) is 0 Å². The Balaban J connectivity index is 2.46. The molecule has 0 saturated heterocycles. The van der Waals surface area contributed by atoms with Crippen molar-refractivity contribution in [3.8, 4) is 17.3 Å². The largest absolute Gasteiger partial charge is 0.256 e. The minimum atomic E-state index is 0.639. The van der Waals surface area contributed by atoms with Crippen LogP contribution in [0.15, 0.2) is 42.6 Å². The number of benzene rings is 1. The molecule has 0 aliphatic rings. The van der Waals surface area contributed by atoms with E-state index in [-0.39, 0.29) is 0 Å². The predicted octanol–water partition coefficient (Wildman–Crippen LogP) is 2.93. The number of nitriles is 1. The number of rotatable bonds is 1. The lowest BCUT2D eigenvalue weighted by Crippen LogP contribution is -1.84. The van der Waals surface area contributed by atoms with Gasteiger partial charge in [-0.05, 0) is 19.1 Å². The van der Waals surface area contributed by atoms with Crippen LogP contribution in [-0.4, -0.2) is 4.98 Å². The monoisotopic (exact) mass is 194 g/mol. The molecule has 2 aromatic rings. The summed E-state index contributed by atoms with van der Waals surface area (Å²) < 4.78 is 0. The van der Waals surface area contributed by atoms with E-state index in [1.54, 1.807) is 18.3 Å². The molecule has 2 rings (SSSR count). The van der Waals surface area contributed by atoms with E-state index in [1.807, 2.05) is 31.2 Å². The molecular weight excluding hydrogens is 184 g/mol. The number of aromatic nitrogens is 1. The average molecular weight is 194 g/mol. The van der Waals surface area contributed by atoms with E-state index in [1.165, 1.54) is 5.56 Å². The van der Waals surface area contributed by atoms with E-state index in [0.717, 1.165) is 11.3 Å². The summed E-state index contributed by atoms with van der Waals surface area (Å²) in [5, 5.41) is 8.78. The Morgan fingerprint density at radius 2 is 1.87 bits per heavy atom. The standard InChI is InChI=1S/C13H10N2/c1-10-2-4-12(5-3-10)13-8-11(9-14)6-7-15-13/h2-8H,1H3. The van der Waals surface area contributed by atoms with E-state index in [9.17, 15) is 0 Å². The molecule has 0 unspecified atom stereocenters. The fraction of sp³-hybridized carbons (Fsp3) is 0.0769. The normalized spacial score (nSPS) is 9.60. The Labute approximate surface area is 88.8 Å². The topological polar surface area (TPSA) is 36.7 Å². The van der Waals surface area contributed by atoms with Gasteiger partial charge in [0.05, 0.1) is 17.3 Å². The van der Waals surface area contributed by atoms with Gasteiger partial charge in [0, 0.05) is 11.8 Å². The molecule has 2 nitrogen and oxygen atoms in total. The van der Waals surface area contributed by atoms with Crippen molar-refractivity contribution >= 4 is 0 Å². The maximum atomic E-state index is 8.78. The Bertz CT molecular complexity index is 507. The molecule has 2 heteroatoms. The van der Waals surface area contributed by atoms with Crippen molar-refractivity contribution in [1.29, 1.82) is 5.26 Å². The van der Waals surface area contributed by atoms with Gasteiger partial charge in [-0.2, -0.15) is 5.26 Å². The first-order valence-corrected chi connectivity index (χ1v) is 4.73. The van der Waals surface area contributed by atoms with Crippen LogP contribution in [0.1, 0.15) is 11.1 Å². The van der Waals surface area contributed by atoms with E-state index < -0.39 is 0 Å². The highest BCUT2D eigenvalue weighted by atomic mass is 14.7. The molecule has 1 aromatic carbocycles. The minimum absolute atomic E-state index is 0.639. The molecule has 0 amide bonds. The van der Waals surface area contributed by atoms with Crippen LogP contribution in [0.25, 0.3) is 11.3 Å². The zero-order valence-electron chi connectivity index (χ0n) is 8.44. The summed E-state index contributed by atoms with van der Waals surface area (Å²) in [5.74, 6) is 0. The summed E-state index contributed by atoms with van der Waals surface area (Å²) in [6, 6.07) is 13.7. The second kappa shape index (κ2) is 3.93. The van der Waals surface area contributed by atoms with Crippen molar-refractivity contribution < 1.29 is 0 Å². The van der Waals surface area contributed by atoms with Crippen molar-refractivity contribution in [2.24, 2.45) is 0 Å². The van der Waals surface area contributed by atoms with Gasteiger partial charge >= 0.3 is 0 Å². The van der Waals surface area contributed by atoms with Crippen LogP contribution < -0.4 is 0 Å². The smallest absolute Gasteiger partial charge is 0.0992 e. The highest BCUT2D eigenvalue weighted by Crippen LogP contribution is 2.17. The number of aryl methyl sites for hydroxylation is 1. The first-order valence-electron chi connectivity index (χ1n) is 4.73. The van der Waals surface area contributed by atoms with Gasteiger partial charge in [0.25, 0.3) is 0 Å². The zero-order valence-corrected chi connectivity index (χ0v) is 8.44. The molecule has 0 spiro atoms. The van der Waals surface area contributed by atoms with E-state index in [0.29, 0.717) is 5.56 Å². The molecule has 0 N–H and O–H groups in total. The number of hydrogen-bond acceptors (Lipinski definition) is 2. The Morgan fingerprint density at radius 3 is 2.53 bits per heavy atom. The molecule has 0 fully saturated rings. The summed E-state index contributed by atoms with van der Waals surface area (Å²) in [6.45, 7) is 2.04. The molecule has 1 heterocycles. The summed E-state index contributed by atoms with van der Waals surface area (Å²) in [7, 11) is 0. The van der Waals surface area contributed by atoms with Crippen molar-refractivity contribution in [2.45, 2.75) is 6.92 Å². The zero-order chi connectivity index (χ0) is 10.7. The third kappa shape index (κ3) is 2.03. The second-order valence-corrected chi connectivity index (χ2v) is 3.41. The first kappa shape index (κ1) is 9.42. The number of nitrogens with zero attached hydrogens (tertiary/aromatic N) is 2. The predicted molar refractivity (Wildman–Crippen MR) is 59.1 cm³/mol. The van der Waals surface area contributed by atoms with Gasteiger partial charge in [0.1, 0.15) is 0 Å². The highest BCUT2D eigenvalue weighted by molar-refractivity contribution is 5.60. The second-order valence-electron chi connectivity index (χ2n) is 3.41. The highest BCUT2D eigenvalue weighted by Gasteiger charge is 1.99. The molecule has 0 saturated carbocycles. The van der Waals surface area contributed by atoms with E-state index in [2.05, 4.69) is 11.1 Å². The van der Waals surface area contributed by atoms with Gasteiger partial charge in [-0.1, -0.05) is 29.8 Å². The van der Waals surface area contributed by atoms with Crippen molar-refractivity contribution in [3.05, 3.63) is 53.7 Å². The minimum Gasteiger partial charge on any atom is -0.256 e. The van der Waals surface area contributed by atoms with Crippen LogP contribution in [-0.2, 0) is 0 Å². The van der Waals surface area contributed by atoms with Crippen LogP contribution in [0, 0.1) is 18.3 Å². The molecule has 0 aliphatic carbocycles. The third-order valence-electron chi connectivity index (χ3n) is 2.24. The maximum Gasteiger partial charge on any atom is 0.0992 e. The first-order chi connectivity index (χ1) is 7.29. The van der Waals surface area contributed by atoms with Crippen LogP contribution in [0.2, 0.25) is 0 Å². The quantitative estimate of drug-likeness (QED) is 0.699. The molecule has 1 aromatic heterocycles. The van der Waals surface area contributed by atoms with Gasteiger partial charge in [-0.25, -0.2) is 0 Å². The van der Waals surface area contributed by atoms with Crippen molar-refractivity contribution in [2.75, 3.05) is 0 Å². The van der Waals surface area contributed by atoms with Crippen LogP contribution in [0.3, 0.4) is 0 Å². The molecule has 15 heavy (non-hydrogen) atoms.